The predicted molar refractivity (Wildman–Crippen MR) is 101 cm³/mol. The van der Waals surface area contributed by atoms with E-state index in [1.807, 2.05) is 0 Å². The zero-order chi connectivity index (χ0) is 17.8. The van der Waals surface area contributed by atoms with Crippen molar-refractivity contribution in [2.24, 2.45) is 4.99 Å². The molecular weight excluding hydrogens is 326 g/mol. The van der Waals surface area contributed by atoms with Gasteiger partial charge in [-0.15, -0.1) is 0 Å². The van der Waals surface area contributed by atoms with E-state index in [-0.39, 0.29) is 23.4 Å². The molecule has 0 aliphatic heterocycles. The summed E-state index contributed by atoms with van der Waals surface area (Å²) in [5, 5.41) is 19.6. The Morgan fingerprint density at radius 1 is 1.25 bits per heavy atom. The number of nitrogens with zero attached hydrogens (tertiary/aromatic N) is 1. The summed E-state index contributed by atoms with van der Waals surface area (Å²) in [7, 11) is 0.262. The van der Waals surface area contributed by atoms with Crippen LogP contribution in [0.4, 0.5) is 5.69 Å². The van der Waals surface area contributed by atoms with Gasteiger partial charge in [0, 0.05) is 13.0 Å². The van der Waals surface area contributed by atoms with Crippen molar-refractivity contribution in [3.8, 4) is 5.75 Å². The maximum absolute atomic E-state index is 11.7. The van der Waals surface area contributed by atoms with E-state index >= 15 is 0 Å². The first kappa shape index (κ1) is 20.8. The zero-order valence-electron chi connectivity index (χ0n) is 14.9. The van der Waals surface area contributed by atoms with Crippen LogP contribution in [-0.2, 0) is 15.6 Å². The Hall–Kier alpha value is -1.24. The minimum absolute atomic E-state index is 0.0830. The Labute approximate surface area is 148 Å². The van der Waals surface area contributed by atoms with Crippen LogP contribution in [0.1, 0.15) is 26.2 Å². The van der Waals surface area contributed by atoms with Crippen molar-refractivity contribution >= 4 is 22.5 Å². The van der Waals surface area contributed by atoms with Crippen LogP contribution in [0, 0.1) is 0 Å². The van der Waals surface area contributed by atoms with Crippen molar-refractivity contribution in [1.82, 2.24) is 0 Å². The third kappa shape index (κ3) is 9.80. The van der Waals surface area contributed by atoms with Gasteiger partial charge in [-0.2, -0.15) is 0 Å². The molecule has 5 nitrogen and oxygen atoms in total. The SMILES string of the molecule is CCCCOC[C@H]([OH2+])COc1ccc(N=C([O-])CC[S+](C)C)cc1. The summed E-state index contributed by atoms with van der Waals surface area (Å²) >= 11 is 0. The lowest BCUT2D eigenvalue weighted by atomic mass is 10.3. The Morgan fingerprint density at radius 2 is 1.96 bits per heavy atom. The lowest BCUT2D eigenvalue weighted by Crippen LogP contribution is -2.23. The number of benzene rings is 1. The Kier molecular flexibility index (Phi) is 10.5. The molecule has 0 heterocycles. The van der Waals surface area contributed by atoms with Gasteiger partial charge in [0.25, 0.3) is 0 Å². The number of unbranched alkanes of at least 4 members (excludes halogenated alkanes) is 1. The fraction of sp³-hybridized carbons (Fsp3) is 0.611. The first-order valence-electron chi connectivity index (χ1n) is 8.31. The molecule has 0 aliphatic carbocycles. The molecule has 0 unspecified atom stereocenters. The van der Waals surface area contributed by atoms with Gasteiger partial charge in [-0.3, -0.25) is 4.99 Å². The molecular formula is C18H30NO4S+. The molecule has 0 radical (unpaired) electrons. The van der Waals surface area contributed by atoms with Crippen molar-refractivity contribution in [2.75, 3.05) is 38.1 Å². The van der Waals surface area contributed by atoms with E-state index in [0.717, 1.165) is 18.6 Å². The van der Waals surface area contributed by atoms with Crippen molar-refractivity contribution in [2.45, 2.75) is 32.3 Å². The van der Waals surface area contributed by atoms with Crippen LogP contribution in [-0.4, -0.2) is 55.2 Å². The summed E-state index contributed by atoms with van der Waals surface area (Å²) in [4.78, 5) is 4.08. The van der Waals surface area contributed by atoms with Gasteiger partial charge < -0.3 is 19.7 Å². The predicted octanol–water partition coefficient (Wildman–Crippen LogP) is 1.63. The molecule has 24 heavy (non-hydrogen) atoms. The summed E-state index contributed by atoms with van der Waals surface area (Å²) in [6.07, 6.45) is 6.45. The van der Waals surface area contributed by atoms with E-state index in [9.17, 15) is 5.11 Å². The van der Waals surface area contributed by atoms with Crippen molar-refractivity contribution < 1.29 is 19.7 Å². The largest absolute Gasteiger partial charge is 0.862 e. The van der Waals surface area contributed by atoms with Gasteiger partial charge in [0.15, 0.2) is 6.61 Å². The van der Waals surface area contributed by atoms with E-state index in [0.29, 0.717) is 31.1 Å². The standard InChI is InChI=1S/C18H29NO4S/c1-4-5-11-22-13-16(20)14-23-17-8-6-15(7-9-17)19-18(21)10-12-24(2)3/h6-9,16,20H,4-5,10-14H2,1-3H3/p+1/t16-/m0/s1. The van der Waals surface area contributed by atoms with Crippen LogP contribution in [0.25, 0.3) is 0 Å². The fourth-order valence-corrected chi connectivity index (χ4v) is 2.41. The first-order chi connectivity index (χ1) is 11.5. The van der Waals surface area contributed by atoms with Crippen LogP contribution < -0.4 is 9.84 Å². The van der Waals surface area contributed by atoms with Crippen molar-refractivity contribution in [3.05, 3.63) is 24.3 Å². The summed E-state index contributed by atoms with van der Waals surface area (Å²) in [5.41, 5.74) is 0.643. The van der Waals surface area contributed by atoms with Crippen LogP contribution in [0.3, 0.4) is 0 Å². The lowest BCUT2D eigenvalue weighted by Gasteiger charge is -2.11. The average molecular weight is 357 g/mol. The maximum Gasteiger partial charge on any atom is 0.212 e. The fourth-order valence-electron chi connectivity index (χ4n) is 1.83. The summed E-state index contributed by atoms with van der Waals surface area (Å²) in [6, 6.07) is 7.09. The molecule has 136 valence electrons. The molecule has 0 amide bonds. The molecule has 2 N–H and O–H groups in total. The minimum atomic E-state index is -0.398. The molecule has 0 bridgehead atoms. The molecule has 0 saturated carbocycles. The highest BCUT2D eigenvalue weighted by Crippen LogP contribution is 2.18. The lowest BCUT2D eigenvalue weighted by molar-refractivity contribution is -0.217. The molecule has 0 aromatic heterocycles. The minimum Gasteiger partial charge on any atom is -0.862 e. The van der Waals surface area contributed by atoms with Gasteiger partial charge in [-0.1, -0.05) is 13.3 Å². The Balaban J connectivity index is 2.35. The van der Waals surface area contributed by atoms with E-state index in [1.54, 1.807) is 24.3 Å². The van der Waals surface area contributed by atoms with Gasteiger partial charge in [0.05, 0.1) is 18.2 Å². The van der Waals surface area contributed by atoms with Crippen LogP contribution in [0.2, 0.25) is 0 Å². The molecule has 0 aliphatic rings. The summed E-state index contributed by atoms with van der Waals surface area (Å²) in [5.74, 6) is 1.48. The van der Waals surface area contributed by atoms with Gasteiger partial charge in [-0.25, -0.2) is 0 Å². The van der Waals surface area contributed by atoms with Crippen molar-refractivity contribution in [3.63, 3.8) is 0 Å². The van der Waals surface area contributed by atoms with E-state index in [2.05, 4.69) is 24.4 Å². The second-order valence-electron chi connectivity index (χ2n) is 5.88. The third-order valence-corrected chi connectivity index (χ3v) is 4.25. The Bertz CT molecular complexity index is 476. The molecule has 1 aromatic rings. The molecule has 0 fully saturated rings. The molecule has 0 saturated heterocycles. The average Bonchev–Trinajstić information content (AvgIpc) is 2.56. The number of rotatable bonds is 12. The second-order valence-corrected chi connectivity index (χ2v) is 8.26. The topological polar surface area (TPSA) is 76.8 Å². The normalized spacial score (nSPS) is 13.3. The molecule has 0 spiro atoms. The summed E-state index contributed by atoms with van der Waals surface area (Å²) in [6.45, 7) is 3.49. The molecule has 1 rings (SSSR count). The quantitative estimate of drug-likeness (QED) is 0.247. The number of aliphatic imine (C=N–C) groups is 1. The summed E-state index contributed by atoms with van der Waals surface area (Å²) < 4.78 is 11.0. The number of ether oxygens (including phenoxy) is 2. The van der Waals surface area contributed by atoms with E-state index in [4.69, 9.17) is 14.6 Å². The molecule has 1 atom stereocenters. The van der Waals surface area contributed by atoms with E-state index in [1.165, 1.54) is 0 Å². The highest BCUT2D eigenvalue weighted by Gasteiger charge is 2.09. The highest BCUT2D eigenvalue weighted by atomic mass is 32.2. The van der Waals surface area contributed by atoms with Crippen LogP contribution >= 0.6 is 0 Å². The first-order valence-corrected chi connectivity index (χ1v) is 10.5. The van der Waals surface area contributed by atoms with Crippen LogP contribution in [0.15, 0.2) is 29.3 Å². The third-order valence-electron chi connectivity index (χ3n) is 3.23. The van der Waals surface area contributed by atoms with Gasteiger partial charge >= 0.3 is 0 Å². The van der Waals surface area contributed by atoms with Crippen molar-refractivity contribution in [1.29, 1.82) is 0 Å². The van der Waals surface area contributed by atoms with E-state index < -0.39 is 6.10 Å². The highest BCUT2D eigenvalue weighted by molar-refractivity contribution is 7.95. The Morgan fingerprint density at radius 3 is 2.58 bits per heavy atom. The second kappa shape index (κ2) is 12.2. The van der Waals surface area contributed by atoms with Gasteiger partial charge in [0.2, 0.25) is 6.10 Å². The smallest absolute Gasteiger partial charge is 0.212 e. The zero-order valence-corrected chi connectivity index (χ0v) is 15.7. The maximum atomic E-state index is 11.7. The number of hydrogen-bond donors (Lipinski definition) is 0. The van der Waals surface area contributed by atoms with Gasteiger partial charge in [-0.05, 0) is 47.5 Å². The molecule has 1 aromatic carbocycles. The molecule has 6 heteroatoms. The number of hydrogen-bond acceptors (Lipinski definition) is 4. The van der Waals surface area contributed by atoms with Gasteiger partial charge in [0.1, 0.15) is 18.1 Å². The van der Waals surface area contributed by atoms with Crippen LogP contribution in [0.5, 0.6) is 5.75 Å². The monoisotopic (exact) mass is 356 g/mol.